The Morgan fingerprint density at radius 2 is 2.00 bits per heavy atom. The third-order valence-electron chi connectivity index (χ3n) is 4.26. The number of pyridine rings is 1. The molecule has 3 nitrogen and oxygen atoms in total. The lowest BCUT2D eigenvalue weighted by molar-refractivity contribution is 0.469. The van der Waals surface area contributed by atoms with E-state index in [1.54, 1.807) is 6.07 Å². The van der Waals surface area contributed by atoms with Crippen molar-refractivity contribution in [2.75, 3.05) is 5.32 Å². The maximum Gasteiger partial charge on any atom is 0.119 e. The number of fused-ring (bicyclic) bond motifs is 2. The number of aromatic nitrogens is 1. The van der Waals surface area contributed by atoms with Crippen LogP contribution in [0.3, 0.4) is 0 Å². The fourth-order valence-electron chi connectivity index (χ4n) is 3.22. The van der Waals surface area contributed by atoms with E-state index in [9.17, 15) is 5.11 Å². The van der Waals surface area contributed by atoms with Crippen LogP contribution in [0.2, 0.25) is 0 Å². The zero-order chi connectivity index (χ0) is 14.2. The van der Waals surface area contributed by atoms with Crippen LogP contribution >= 0.6 is 0 Å². The normalized spacial score (nSPS) is 16.9. The first-order chi connectivity index (χ1) is 10.3. The van der Waals surface area contributed by atoms with Crippen molar-refractivity contribution in [2.24, 2.45) is 0 Å². The summed E-state index contributed by atoms with van der Waals surface area (Å²) in [5.41, 5.74) is 3.41. The maximum atomic E-state index is 9.95. The highest BCUT2D eigenvalue weighted by Crippen LogP contribution is 2.39. The second kappa shape index (κ2) is 4.77. The molecule has 21 heavy (non-hydrogen) atoms. The minimum absolute atomic E-state index is 0.255. The van der Waals surface area contributed by atoms with Crippen molar-refractivity contribution in [3.05, 3.63) is 66.0 Å². The zero-order valence-corrected chi connectivity index (χ0v) is 11.6. The minimum atomic E-state index is 0.255. The van der Waals surface area contributed by atoms with Crippen LogP contribution in [-0.2, 0) is 6.42 Å². The van der Waals surface area contributed by atoms with Crippen molar-refractivity contribution in [3.8, 4) is 5.75 Å². The highest BCUT2D eigenvalue weighted by atomic mass is 16.3. The van der Waals surface area contributed by atoms with E-state index in [0.29, 0.717) is 5.75 Å². The first-order valence-electron chi connectivity index (χ1n) is 7.23. The molecular formula is C18H16N2O. The summed E-state index contributed by atoms with van der Waals surface area (Å²) in [5.74, 6) is 0.416. The van der Waals surface area contributed by atoms with Crippen molar-refractivity contribution < 1.29 is 5.11 Å². The quantitative estimate of drug-likeness (QED) is 0.742. The molecule has 4 rings (SSSR count). The van der Waals surface area contributed by atoms with Crippen LogP contribution in [0.15, 0.2) is 54.9 Å². The molecule has 0 aliphatic heterocycles. The molecule has 3 aromatic rings. The predicted octanol–water partition coefficient (Wildman–Crippen LogP) is 4.04. The van der Waals surface area contributed by atoms with Crippen molar-refractivity contribution in [2.45, 2.75) is 18.9 Å². The van der Waals surface area contributed by atoms with E-state index in [4.69, 9.17) is 0 Å². The van der Waals surface area contributed by atoms with Gasteiger partial charge in [-0.2, -0.15) is 0 Å². The second-order valence-electron chi connectivity index (χ2n) is 5.48. The molecule has 2 aromatic carbocycles. The number of nitrogens with one attached hydrogen (secondary N) is 1. The Morgan fingerprint density at radius 1 is 1.10 bits per heavy atom. The van der Waals surface area contributed by atoms with Crippen LogP contribution in [-0.4, -0.2) is 10.1 Å². The van der Waals surface area contributed by atoms with Gasteiger partial charge in [0.1, 0.15) is 5.75 Å². The summed E-state index contributed by atoms with van der Waals surface area (Å²) in [6, 6.07) is 14.3. The molecule has 1 aliphatic rings. The Morgan fingerprint density at radius 3 is 2.95 bits per heavy atom. The largest absolute Gasteiger partial charge is 0.508 e. The number of nitrogens with zero attached hydrogens (tertiary/aromatic N) is 1. The number of phenolic OH excluding ortho intramolecular Hbond substituents is 1. The van der Waals surface area contributed by atoms with Gasteiger partial charge in [-0.25, -0.2) is 0 Å². The third kappa shape index (κ3) is 2.02. The van der Waals surface area contributed by atoms with Crippen LogP contribution in [0.4, 0.5) is 5.69 Å². The highest BCUT2D eigenvalue weighted by molar-refractivity contribution is 5.93. The maximum absolute atomic E-state index is 9.95. The number of anilines is 1. The first kappa shape index (κ1) is 12.2. The SMILES string of the molecule is Oc1cccc2c1CCC2Nc1cccc2cnccc12. The number of phenols is 1. The number of rotatable bonds is 2. The Kier molecular flexibility index (Phi) is 2.78. The van der Waals surface area contributed by atoms with Gasteiger partial charge in [-0.1, -0.05) is 24.3 Å². The fraction of sp³-hybridized carbons (Fsp3) is 0.167. The van der Waals surface area contributed by atoms with E-state index in [0.717, 1.165) is 29.5 Å². The number of hydrogen-bond donors (Lipinski definition) is 2. The standard InChI is InChI=1S/C18H16N2O/c21-18-6-2-4-14-15(18)7-8-17(14)20-16-5-1-3-12-11-19-10-9-13(12)16/h1-6,9-11,17,20-21H,7-8H2. The molecule has 1 atom stereocenters. The Bertz CT molecular complexity index is 808. The average Bonchev–Trinajstić information content (AvgIpc) is 2.92. The molecule has 1 aliphatic carbocycles. The molecule has 1 heterocycles. The molecule has 1 aromatic heterocycles. The van der Waals surface area contributed by atoms with E-state index in [-0.39, 0.29) is 6.04 Å². The molecule has 3 heteroatoms. The van der Waals surface area contributed by atoms with Gasteiger partial charge in [0.25, 0.3) is 0 Å². The van der Waals surface area contributed by atoms with Crippen LogP contribution in [0.1, 0.15) is 23.6 Å². The lowest BCUT2D eigenvalue weighted by Crippen LogP contribution is -2.07. The number of aromatic hydroxyl groups is 1. The van der Waals surface area contributed by atoms with Crippen molar-refractivity contribution in [1.29, 1.82) is 0 Å². The van der Waals surface area contributed by atoms with E-state index < -0.39 is 0 Å². The topological polar surface area (TPSA) is 45.1 Å². The van der Waals surface area contributed by atoms with E-state index >= 15 is 0 Å². The number of benzene rings is 2. The third-order valence-corrected chi connectivity index (χ3v) is 4.26. The molecule has 0 fully saturated rings. The van der Waals surface area contributed by atoms with Crippen LogP contribution < -0.4 is 5.32 Å². The molecule has 0 saturated carbocycles. The number of hydrogen-bond acceptors (Lipinski definition) is 3. The molecule has 0 radical (unpaired) electrons. The molecule has 1 unspecified atom stereocenters. The van der Waals surface area contributed by atoms with Gasteiger partial charge in [0, 0.05) is 28.9 Å². The lowest BCUT2D eigenvalue weighted by Gasteiger charge is -2.17. The molecule has 0 saturated heterocycles. The summed E-state index contributed by atoms with van der Waals surface area (Å²) in [6.45, 7) is 0. The van der Waals surface area contributed by atoms with Crippen molar-refractivity contribution in [1.82, 2.24) is 4.98 Å². The Balaban J connectivity index is 1.73. The van der Waals surface area contributed by atoms with Crippen molar-refractivity contribution >= 4 is 16.5 Å². The fourth-order valence-corrected chi connectivity index (χ4v) is 3.22. The Labute approximate surface area is 123 Å². The minimum Gasteiger partial charge on any atom is -0.508 e. The highest BCUT2D eigenvalue weighted by Gasteiger charge is 2.24. The van der Waals surface area contributed by atoms with Crippen LogP contribution in [0.25, 0.3) is 10.8 Å². The lowest BCUT2D eigenvalue weighted by atomic mass is 10.1. The van der Waals surface area contributed by atoms with Gasteiger partial charge < -0.3 is 10.4 Å². The summed E-state index contributed by atoms with van der Waals surface area (Å²) < 4.78 is 0. The summed E-state index contributed by atoms with van der Waals surface area (Å²) in [4.78, 5) is 4.17. The second-order valence-corrected chi connectivity index (χ2v) is 5.48. The molecule has 0 amide bonds. The van der Waals surface area contributed by atoms with Gasteiger partial charge in [-0.05, 0) is 42.2 Å². The smallest absolute Gasteiger partial charge is 0.119 e. The zero-order valence-electron chi connectivity index (χ0n) is 11.6. The summed E-state index contributed by atoms with van der Waals surface area (Å²) >= 11 is 0. The van der Waals surface area contributed by atoms with Crippen LogP contribution in [0.5, 0.6) is 5.75 Å². The molecular weight excluding hydrogens is 260 g/mol. The summed E-state index contributed by atoms with van der Waals surface area (Å²) in [5, 5.41) is 15.9. The first-order valence-corrected chi connectivity index (χ1v) is 7.23. The van der Waals surface area contributed by atoms with E-state index in [1.807, 2.05) is 30.6 Å². The van der Waals surface area contributed by atoms with Gasteiger partial charge in [-0.3, -0.25) is 4.98 Å². The Hall–Kier alpha value is -2.55. The molecule has 2 N–H and O–H groups in total. The summed E-state index contributed by atoms with van der Waals surface area (Å²) in [7, 11) is 0. The predicted molar refractivity (Wildman–Crippen MR) is 84.5 cm³/mol. The van der Waals surface area contributed by atoms with Gasteiger partial charge in [0.2, 0.25) is 0 Å². The van der Waals surface area contributed by atoms with Gasteiger partial charge in [0.05, 0.1) is 6.04 Å². The molecule has 104 valence electrons. The van der Waals surface area contributed by atoms with E-state index in [1.165, 1.54) is 10.9 Å². The van der Waals surface area contributed by atoms with Gasteiger partial charge in [0.15, 0.2) is 0 Å². The average molecular weight is 276 g/mol. The van der Waals surface area contributed by atoms with Crippen molar-refractivity contribution in [3.63, 3.8) is 0 Å². The summed E-state index contributed by atoms with van der Waals surface area (Å²) in [6.07, 6.45) is 5.64. The monoisotopic (exact) mass is 276 g/mol. The molecule has 0 spiro atoms. The van der Waals surface area contributed by atoms with E-state index in [2.05, 4.69) is 28.5 Å². The van der Waals surface area contributed by atoms with Gasteiger partial charge in [-0.15, -0.1) is 0 Å². The molecule has 0 bridgehead atoms. The van der Waals surface area contributed by atoms with Crippen LogP contribution in [0, 0.1) is 0 Å². The van der Waals surface area contributed by atoms with Gasteiger partial charge >= 0.3 is 0 Å².